The van der Waals surface area contributed by atoms with Gasteiger partial charge in [0.25, 0.3) is 5.91 Å². The average molecular weight is 267 g/mol. The van der Waals surface area contributed by atoms with E-state index in [9.17, 15) is 19.1 Å². The van der Waals surface area contributed by atoms with Crippen molar-refractivity contribution in [2.24, 2.45) is 5.73 Å². The molecule has 1 aliphatic rings. The molecule has 0 aliphatic carbocycles. The van der Waals surface area contributed by atoms with Crippen LogP contribution in [0, 0.1) is 5.82 Å². The molecule has 6 nitrogen and oxygen atoms in total. The summed E-state index contributed by atoms with van der Waals surface area (Å²) in [7, 11) is 0. The monoisotopic (exact) mass is 267 g/mol. The lowest BCUT2D eigenvalue weighted by atomic mass is 10.1. The smallest absolute Gasteiger partial charge is 0.257 e. The van der Waals surface area contributed by atoms with Gasteiger partial charge >= 0.3 is 0 Å². The van der Waals surface area contributed by atoms with Gasteiger partial charge in [-0.1, -0.05) is 0 Å². The molecule has 1 heterocycles. The second-order valence-corrected chi connectivity index (χ2v) is 4.26. The number of primary amides is 1. The fourth-order valence-corrected chi connectivity index (χ4v) is 2.05. The van der Waals surface area contributed by atoms with E-state index in [0.717, 1.165) is 6.07 Å². The van der Waals surface area contributed by atoms with Crippen molar-refractivity contribution in [2.45, 2.75) is 13.0 Å². The highest BCUT2D eigenvalue weighted by Gasteiger charge is 2.30. The lowest BCUT2D eigenvalue weighted by Gasteiger charge is -2.22. The molecular weight excluding hydrogens is 253 g/mol. The van der Waals surface area contributed by atoms with Crippen LogP contribution in [-0.4, -0.2) is 30.0 Å². The van der Waals surface area contributed by atoms with E-state index in [1.165, 1.54) is 11.0 Å². The van der Waals surface area contributed by atoms with Crippen LogP contribution < -0.4 is 16.0 Å². The van der Waals surface area contributed by atoms with Gasteiger partial charge in [0.1, 0.15) is 5.82 Å². The number of nitrogens with two attached hydrogens (primary N) is 1. The molecule has 19 heavy (non-hydrogen) atoms. The van der Waals surface area contributed by atoms with E-state index < -0.39 is 23.7 Å². The number of aliphatic hydroxyl groups is 1. The summed E-state index contributed by atoms with van der Waals surface area (Å²) in [5.41, 5.74) is 5.80. The lowest BCUT2D eigenvalue weighted by Crippen LogP contribution is -2.34. The molecule has 2 amide bonds. The van der Waals surface area contributed by atoms with Gasteiger partial charge in [-0.15, -0.1) is 0 Å². The summed E-state index contributed by atoms with van der Waals surface area (Å²) >= 11 is 0. The summed E-state index contributed by atoms with van der Waals surface area (Å²) in [4.78, 5) is 23.7. The van der Waals surface area contributed by atoms with Crippen molar-refractivity contribution >= 4 is 23.2 Å². The molecule has 0 saturated carbocycles. The first-order valence-corrected chi connectivity index (χ1v) is 5.79. The molecule has 1 aromatic carbocycles. The molecule has 102 valence electrons. The number of hydrogen-bond donors (Lipinski definition) is 3. The first-order valence-electron chi connectivity index (χ1n) is 5.79. The molecule has 0 fully saturated rings. The van der Waals surface area contributed by atoms with Crippen LogP contribution in [-0.2, 0) is 9.59 Å². The highest BCUT2D eigenvalue weighted by Crippen LogP contribution is 2.35. The zero-order chi connectivity index (χ0) is 14.2. The van der Waals surface area contributed by atoms with Gasteiger partial charge in [0.05, 0.1) is 12.2 Å². The molecule has 1 unspecified atom stereocenters. The van der Waals surface area contributed by atoms with Crippen LogP contribution in [0.25, 0.3) is 0 Å². The van der Waals surface area contributed by atoms with Crippen molar-refractivity contribution in [2.75, 3.05) is 23.3 Å². The van der Waals surface area contributed by atoms with Gasteiger partial charge < -0.3 is 21.1 Å². The fourth-order valence-electron chi connectivity index (χ4n) is 2.05. The number of nitrogens with one attached hydrogen (secondary N) is 1. The number of benzene rings is 1. The maximum atomic E-state index is 14.0. The van der Waals surface area contributed by atoms with Crippen LogP contribution in [0.15, 0.2) is 12.1 Å². The highest BCUT2D eigenvalue weighted by molar-refractivity contribution is 6.02. The molecular formula is C12H14FN3O3. The number of carbonyl (C=O) groups is 2. The van der Waals surface area contributed by atoms with Gasteiger partial charge in [-0.3, -0.25) is 9.59 Å². The zero-order valence-corrected chi connectivity index (χ0v) is 10.3. The van der Waals surface area contributed by atoms with Crippen LogP contribution in [0.5, 0.6) is 0 Å². The minimum absolute atomic E-state index is 0.122. The molecule has 7 heteroatoms. The third kappa shape index (κ3) is 2.37. The standard InChI is InChI=1S/C12H14FN3O3/c1-2-16(5-10(14)17)9-4-8-6(3-7(9)13)11(18)12(19)15-8/h3-4,11,18H,2,5H2,1H3,(H2,14,17)(H,15,19). The summed E-state index contributed by atoms with van der Waals surface area (Å²) in [6, 6.07) is 2.49. The van der Waals surface area contributed by atoms with E-state index in [1.807, 2.05) is 0 Å². The predicted octanol–water partition coefficient (Wildman–Crippen LogP) is 0.123. The molecule has 0 bridgehead atoms. The van der Waals surface area contributed by atoms with Gasteiger partial charge in [-0.25, -0.2) is 4.39 Å². The Morgan fingerprint density at radius 2 is 2.26 bits per heavy atom. The molecule has 0 spiro atoms. The minimum Gasteiger partial charge on any atom is -0.378 e. The Labute approximate surface area is 109 Å². The summed E-state index contributed by atoms with van der Waals surface area (Å²) < 4.78 is 14.0. The summed E-state index contributed by atoms with van der Waals surface area (Å²) in [6.45, 7) is 2.01. The molecule has 0 aromatic heterocycles. The first-order chi connectivity index (χ1) is 8.93. The first kappa shape index (κ1) is 13.3. The number of rotatable bonds is 4. The Balaban J connectivity index is 2.41. The number of likely N-dealkylation sites (N-methyl/N-ethyl adjacent to an activating group) is 1. The maximum absolute atomic E-state index is 14.0. The Hall–Kier alpha value is -2.15. The van der Waals surface area contributed by atoms with Crippen LogP contribution in [0.1, 0.15) is 18.6 Å². The molecule has 2 rings (SSSR count). The quantitative estimate of drug-likeness (QED) is 0.722. The van der Waals surface area contributed by atoms with E-state index >= 15 is 0 Å². The van der Waals surface area contributed by atoms with Crippen LogP contribution >= 0.6 is 0 Å². The van der Waals surface area contributed by atoms with Gasteiger partial charge in [0, 0.05) is 17.8 Å². The van der Waals surface area contributed by atoms with Crippen molar-refractivity contribution in [3.63, 3.8) is 0 Å². The number of hydrogen-bond acceptors (Lipinski definition) is 4. The summed E-state index contributed by atoms with van der Waals surface area (Å²) in [6.07, 6.45) is -1.36. The Morgan fingerprint density at radius 3 is 2.84 bits per heavy atom. The third-order valence-electron chi connectivity index (χ3n) is 2.99. The Morgan fingerprint density at radius 1 is 1.58 bits per heavy atom. The number of nitrogens with zero attached hydrogens (tertiary/aromatic N) is 1. The Kier molecular flexibility index (Phi) is 3.39. The normalized spacial score (nSPS) is 17.0. The van der Waals surface area contributed by atoms with Crippen molar-refractivity contribution in [1.82, 2.24) is 0 Å². The second-order valence-electron chi connectivity index (χ2n) is 4.26. The van der Waals surface area contributed by atoms with E-state index in [2.05, 4.69) is 5.32 Å². The van der Waals surface area contributed by atoms with E-state index in [-0.39, 0.29) is 17.8 Å². The molecule has 4 N–H and O–H groups in total. The number of fused-ring (bicyclic) bond motifs is 1. The van der Waals surface area contributed by atoms with Crippen molar-refractivity contribution in [3.8, 4) is 0 Å². The molecule has 1 aliphatic heterocycles. The predicted molar refractivity (Wildman–Crippen MR) is 67.1 cm³/mol. The molecule has 1 atom stereocenters. The van der Waals surface area contributed by atoms with Crippen LogP contribution in [0.2, 0.25) is 0 Å². The van der Waals surface area contributed by atoms with Gasteiger partial charge in [0.15, 0.2) is 6.10 Å². The van der Waals surface area contributed by atoms with Gasteiger partial charge in [-0.05, 0) is 19.1 Å². The topological polar surface area (TPSA) is 95.7 Å². The fraction of sp³-hybridized carbons (Fsp3) is 0.333. The van der Waals surface area contributed by atoms with Crippen LogP contribution in [0.3, 0.4) is 0 Å². The highest BCUT2D eigenvalue weighted by atomic mass is 19.1. The number of amides is 2. The molecule has 0 radical (unpaired) electrons. The van der Waals surface area contributed by atoms with Crippen molar-refractivity contribution in [3.05, 3.63) is 23.5 Å². The summed E-state index contributed by atoms with van der Waals surface area (Å²) in [5.74, 6) is -1.78. The number of halogens is 1. The number of carbonyl (C=O) groups excluding carboxylic acids is 2. The largest absolute Gasteiger partial charge is 0.378 e. The Bertz CT molecular complexity index is 547. The average Bonchev–Trinajstić information content (AvgIpc) is 2.62. The molecule has 1 aromatic rings. The minimum atomic E-state index is -1.36. The van der Waals surface area contributed by atoms with Crippen molar-refractivity contribution in [1.29, 1.82) is 0 Å². The maximum Gasteiger partial charge on any atom is 0.257 e. The van der Waals surface area contributed by atoms with Gasteiger partial charge in [0.2, 0.25) is 5.91 Å². The third-order valence-corrected chi connectivity index (χ3v) is 2.99. The SMILES string of the molecule is CCN(CC(N)=O)c1cc2c(cc1F)C(O)C(=O)N2. The zero-order valence-electron chi connectivity index (χ0n) is 10.3. The van der Waals surface area contributed by atoms with Gasteiger partial charge in [-0.2, -0.15) is 0 Å². The number of aliphatic hydroxyl groups excluding tert-OH is 1. The van der Waals surface area contributed by atoms with Crippen LogP contribution in [0.4, 0.5) is 15.8 Å². The van der Waals surface area contributed by atoms with E-state index in [0.29, 0.717) is 12.2 Å². The summed E-state index contributed by atoms with van der Waals surface area (Å²) in [5, 5.41) is 12.0. The molecule has 0 saturated heterocycles. The van der Waals surface area contributed by atoms with E-state index in [1.54, 1.807) is 6.92 Å². The lowest BCUT2D eigenvalue weighted by molar-refractivity contribution is -0.123. The number of anilines is 2. The van der Waals surface area contributed by atoms with E-state index in [4.69, 9.17) is 5.73 Å². The van der Waals surface area contributed by atoms with Crippen molar-refractivity contribution < 1.29 is 19.1 Å². The second kappa shape index (κ2) is 4.85.